The van der Waals surface area contributed by atoms with E-state index in [1.807, 2.05) is 18.3 Å². The summed E-state index contributed by atoms with van der Waals surface area (Å²) in [5, 5.41) is 7.81. The largest absolute Gasteiger partial charge is 0.450 e. The maximum absolute atomic E-state index is 13.5. The third kappa shape index (κ3) is 3.75. The minimum absolute atomic E-state index is 0.209. The smallest absolute Gasteiger partial charge is 0.278 e. The Bertz CT molecular complexity index is 1890. The molecule has 7 rings (SSSR count). The molecule has 0 radical (unpaired) electrons. The number of hydrogen-bond acceptors (Lipinski definition) is 8. The van der Waals surface area contributed by atoms with E-state index in [2.05, 4.69) is 30.4 Å². The Hall–Kier alpha value is -4.77. The molecule has 6 aromatic heterocycles. The monoisotopic (exact) mass is 525 g/mol. The quantitative estimate of drug-likeness (QED) is 0.334. The van der Waals surface area contributed by atoms with Crippen molar-refractivity contribution in [1.29, 1.82) is 0 Å². The summed E-state index contributed by atoms with van der Waals surface area (Å²) < 4.78 is 11.1. The van der Waals surface area contributed by atoms with Gasteiger partial charge in [-0.2, -0.15) is 10.1 Å². The number of halogens is 1. The second-order valence-corrected chi connectivity index (χ2v) is 9.47. The first-order valence-corrected chi connectivity index (χ1v) is 12.3. The van der Waals surface area contributed by atoms with E-state index in [0.29, 0.717) is 56.4 Å². The van der Waals surface area contributed by atoms with E-state index in [1.165, 1.54) is 6.20 Å². The maximum atomic E-state index is 13.5. The van der Waals surface area contributed by atoms with E-state index in [0.717, 1.165) is 18.4 Å². The van der Waals surface area contributed by atoms with Crippen LogP contribution in [-0.4, -0.2) is 38.7 Å². The number of pyridine rings is 3. The second kappa shape index (κ2) is 8.67. The highest BCUT2D eigenvalue weighted by Crippen LogP contribution is 2.41. The van der Waals surface area contributed by atoms with Gasteiger partial charge in [-0.3, -0.25) is 19.3 Å². The fraction of sp³-hybridized carbons (Fsp3) is 0.154. The van der Waals surface area contributed by atoms with Crippen LogP contribution in [0.1, 0.15) is 24.3 Å². The summed E-state index contributed by atoms with van der Waals surface area (Å²) in [4.78, 5) is 30.8. The summed E-state index contributed by atoms with van der Waals surface area (Å²) in [6.07, 6.45) is 15.6. The molecule has 38 heavy (non-hydrogen) atoms. The minimum atomic E-state index is -0.209. The summed E-state index contributed by atoms with van der Waals surface area (Å²) in [5.41, 5.74) is 3.65. The van der Waals surface area contributed by atoms with Crippen LogP contribution in [0.5, 0.6) is 11.5 Å². The van der Waals surface area contributed by atoms with Crippen molar-refractivity contribution < 1.29 is 4.74 Å². The molecule has 1 fully saturated rings. The Morgan fingerprint density at radius 2 is 1.97 bits per heavy atom. The molecule has 1 N–H and O–H groups in total. The van der Waals surface area contributed by atoms with Gasteiger partial charge >= 0.3 is 0 Å². The van der Waals surface area contributed by atoms with Gasteiger partial charge in [0.1, 0.15) is 21.7 Å². The maximum Gasteiger partial charge on any atom is 0.278 e. The Labute approximate surface area is 220 Å². The zero-order valence-corrected chi connectivity index (χ0v) is 20.9. The van der Waals surface area contributed by atoms with Gasteiger partial charge in [-0.25, -0.2) is 9.50 Å². The van der Waals surface area contributed by atoms with Gasteiger partial charge < -0.3 is 14.6 Å². The van der Waals surface area contributed by atoms with Crippen LogP contribution >= 0.6 is 11.6 Å². The third-order valence-corrected chi connectivity index (χ3v) is 6.94. The lowest BCUT2D eigenvalue weighted by Gasteiger charge is -2.13. The molecule has 0 unspecified atom stereocenters. The second-order valence-electron chi connectivity index (χ2n) is 9.09. The molecule has 0 saturated heterocycles. The predicted octanol–water partition coefficient (Wildman–Crippen LogP) is 4.62. The van der Waals surface area contributed by atoms with Crippen LogP contribution in [-0.2, 0) is 7.05 Å². The summed E-state index contributed by atoms with van der Waals surface area (Å²) in [7, 11) is 1.80. The van der Waals surface area contributed by atoms with Crippen molar-refractivity contribution >= 4 is 39.9 Å². The lowest BCUT2D eigenvalue weighted by atomic mass is 10.1. The van der Waals surface area contributed by atoms with Gasteiger partial charge in [0.15, 0.2) is 17.1 Å². The summed E-state index contributed by atoms with van der Waals surface area (Å²) in [5.74, 6) is 1.71. The van der Waals surface area contributed by atoms with Gasteiger partial charge in [-0.05, 0) is 42.5 Å². The number of hydrogen-bond donors (Lipinski definition) is 1. The summed E-state index contributed by atoms with van der Waals surface area (Å²) in [6, 6.07) is 5.56. The lowest BCUT2D eigenvalue weighted by molar-refractivity contribution is 0.486. The van der Waals surface area contributed by atoms with Crippen LogP contribution in [0.3, 0.4) is 0 Å². The molecule has 0 amide bonds. The van der Waals surface area contributed by atoms with Crippen molar-refractivity contribution in [2.75, 3.05) is 5.32 Å². The van der Waals surface area contributed by atoms with Gasteiger partial charge in [0.2, 0.25) is 5.95 Å². The molecular weight excluding hydrogens is 506 g/mol. The van der Waals surface area contributed by atoms with E-state index in [4.69, 9.17) is 16.3 Å². The molecule has 12 heteroatoms. The lowest BCUT2D eigenvalue weighted by Crippen LogP contribution is -2.22. The molecule has 0 bridgehead atoms. The highest BCUT2D eigenvalue weighted by Gasteiger charge is 2.26. The number of ether oxygens (including phenoxy) is 1. The third-order valence-electron chi connectivity index (χ3n) is 6.57. The molecule has 0 aliphatic heterocycles. The molecule has 6 heterocycles. The van der Waals surface area contributed by atoms with E-state index in [1.54, 1.807) is 63.9 Å². The Morgan fingerprint density at radius 3 is 2.79 bits per heavy atom. The van der Waals surface area contributed by atoms with Crippen LogP contribution in [0.4, 0.5) is 11.6 Å². The van der Waals surface area contributed by atoms with Gasteiger partial charge in [0, 0.05) is 31.8 Å². The average Bonchev–Trinajstić information content (AvgIpc) is 3.64. The van der Waals surface area contributed by atoms with Crippen LogP contribution in [0.15, 0.2) is 72.6 Å². The zero-order valence-electron chi connectivity index (χ0n) is 20.1. The first-order valence-electron chi connectivity index (χ1n) is 12.0. The number of imidazole rings is 1. The molecule has 0 atom stereocenters. The molecule has 1 aliphatic carbocycles. The Balaban J connectivity index is 1.28. The van der Waals surface area contributed by atoms with Gasteiger partial charge in [-0.1, -0.05) is 11.6 Å². The minimum Gasteiger partial charge on any atom is -0.450 e. The number of aryl methyl sites for hydroxylation is 1. The molecule has 6 aromatic rings. The van der Waals surface area contributed by atoms with Crippen molar-refractivity contribution in [3.05, 3.63) is 88.7 Å². The normalized spacial score (nSPS) is 13.3. The summed E-state index contributed by atoms with van der Waals surface area (Å²) in [6.45, 7) is 0. The first kappa shape index (κ1) is 22.4. The van der Waals surface area contributed by atoms with E-state index in [9.17, 15) is 4.79 Å². The summed E-state index contributed by atoms with van der Waals surface area (Å²) >= 11 is 6.77. The average molecular weight is 526 g/mol. The fourth-order valence-corrected chi connectivity index (χ4v) is 4.75. The van der Waals surface area contributed by atoms with Crippen LogP contribution in [0, 0.1) is 0 Å². The Kier molecular flexibility index (Phi) is 5.11. The molecule has 1 aliphatic rings. The highest BCUT2D eigenvalue weighted by atomic mass is 35.5. The zero-order chi connectivity index (χ0) is 25.8. The number of aromatic nitrogens is 8. The first-order chi connectivity index (χ1) is 18.6. The van der Waals surface area contributed by atoms with Crippen molar-refractivity contribution in [2.24, 2.45) is 7.05 Å². The van der Waals surface area contributed by atoms with Crippen molar-refractivity contribution in [3.63, 3.8) is 0 Å². The highest BCUT2D eigenvalue weighted by molar-refractivity contribution is 6.36. The van der Waals surface area contributed by atoms with Gasteiger partial charge in [0.05, 0.1) is 30.5 Å². The SMILES string of the molecule is Cn1c(Nc2cc(C3CC3)cn(-c3cccnc3)c2=O)nc2ncc(Oc3cnn4ccncc34)c(Cl)c21. The number of nitrogens with zero attached hydrogens (tertiary/aromatic N) is 8. The van der Waals surface area contributed by atoms with E-state index >= 15 is 0 Å². The van der Waals surface area contributed by atoms with Crippen molar-refractivity contribution in [1.82, 2.24) is 38.7 Å². The van der Waals surface area contributed by atoms with Crippen LogP contribution < -0.4 is 15.6 Å². The van der Waals surface area contributed by atoms with Gasteiger partial charge in [-0.15, -0.1) is 0 Å². The number of nitrogens with one attached hydrogen (secondary N) is 1. The van der Waals surface area contributed by atoms with Gasteiger partial charge in [0.25, 0.3) is 5.56 Å². The molecule has 188 valence electrons. The molecule has 0 aromatic carbocycles. The molecule has 0 spiro atoms. The van der Waals surface area contributed by atoms with Crippen LogP contribution in [0.25, 0.3) is 22.4 Å². The molecule has 1 saturated carbocycles. The van der Waals surface area contributed by atoms with Crippen molar-refractivity contribution in [2.45, 2.75) is 18.8 Å². The standard InChI is InChI=1S/C26H20ClN9O2/c1-34-23-22(27)21(38-20-13-31-36-8-7-29-11-19(20)36)12-30-24(23)33-26(34)32-18-9-16(15-4-5-15)14-35(25(18)37)17-3-2-6-28-10-17/h2-3,6-15H,4-5H2,1H3,(H,30,32,33). The number of fused-ring (bicyclic) bond motifs is 2. The number of rotatable bonds is 6. The Morgan fingerprint density at radius 1 is 1.11 bits per heavy atom. The topological polar surface area (TPSA) is 117 Å². The fourth-order valence-electron chi connectivity index (χ4n) is 4.45. The molecule has 11 nitrogen and oxygen atoms in total. The van der Waals surface area contributed by atoms with Crippen LogP contribution in [0.2, 0.25) is 5.02 Å². The van der Waals surface area contributed by atoms with E-state index < -0.39 is 0 Å². The van der Waals surface area contributed by atoms with E-state index in [-0.39, 0.29) is 5.56 Å². The molecular formula is C26H20ClN9O2. The number of anilines is 2. The van der Waals surface area contributed by atoms with Crippen molar-refractivity contribution in [3.8, 4) is 17.2 Å². The predicted molar refractivity (Wildman–Crippen MR) is 142 cm³/mol.